The van der Waals surface area contributed by atoms with Crippen molar-refractivity contribution in [2.24, 2.45) is 0 Å². The summed E-state index contributed by atoms with van der Waals surface area (Å²) in [6.45, 7) is -0.609. The lowest BCUT2D eigenvalue weighted by Crippen LogP contribution is -2.29. The van der Waals surface area contributed by atoms with Gasteiger partial charge in [0.1, 0.15) is 23.9 Å². The number of carbonyl (C=O) groups is 1. The highest BCUT2D eigenvalue weighted by Crippen LogP contribution is 2.31. The molecule has 3 rings (SSSR count). The Hall–Kier alpha value is -3.72. The van der Waals surface area contributed by atoms with Crippen molar-refractivity contribution in [2.75, 3.05) is 0 Å². The number of aromatic nitrogens is 2. The number of nitrogens with zero attached hydrogens (tertiary/aromatic N) is 3. The molecule has 3 aromatic rings. The molecule has 0 atom stereocenters. The molecule has 0 radical (unpaired) electrons. The Bertz CT molecular complexity index is 1020. The van der Waals surface area contributed by atoms with Crippen molar-refractivity contribution >= 4 is 5.97 Å². The first-order valence-corrected chi connectivity index (χ1v) is 7.49. The van der Waals surface area contributed by atoms with Gasteiger partial charge in [-0.25, -0.2) is 4.68 Å². The van der Waals surface area contributed by atoms with Gasteiger partial charge in [-0.15, -0.1) is 0 Å². The highest BCUT2D eigenvalue weighted by atomic mass is 16.4. The largest absolute Gasteiger partial charge is 0.480 e. The van der Waals surface area contributed by atoms with Gasteiger partial charge in [0, 0.05) is 11.1 Å². The van der Waals surface area contributed by atoms with Gasteiger partial charge in [0.25, 0.3) is 5.56 Å². The van der Waals surface area contributed by atoms with Crippen LogP contribution in [0.3, 0.4) is 0 Å². The molecule has 1 aromatic heterocycles. The lowest BCUT2D eigenvalue weighted by molar-refractivity contribution is -0.138. The van der Waals surface area contributed by atoms with Crippen LogP contribution in [0.2, 0.25) is 0 Å². The second-order valence-corrected chi connectivity index (χ2v) is 5.30. The fourth-order valence-corrected chi connectivity index (χ4v) is 2.59. The number of rotatable bonds is 4. The second-order valence-electron chi connectivity index (χ2n) is 5.30. The average molecular weight is 331 g/mol. The van der Waals surface area contributed by atoms with E-state index < -0.39 is 18.1 Å². The summed E-state index contributed by atoms with van der Waals surface area (Å²) in [6.07, 6.45) is 0. The topological polar surface area (TPSA) is 96.0 Å². The molecule has 0 spiro atoms. The first-order chi connectivity index (χ1) is 12.1. The van der Waals surface area contributed by atoms with Crippen LogP contribution in [0.1, 0.15) is 5.56 Å². The first kappa shape index (κ1) is 16.1. The number of benzene rings is 2. The van der Waals surface area contributed by atoms with Crippen molar-refractivity contribution in [1.82, 2.24) is 9.78 Å². The molecule has 0 bridgehead atoms. The number of carboxylic acids is 1. The Morgan fingerprint density at radius 3 is 2.12 bits per heavy atom. The molecule has 0 saturated carbocycles. The predicted molar refractivity (Wildman–Crippen MR) is 91.7 cm³/mol. The fraction of sp³-hybridized carbons (Fsp3) is 0.0526. The number of aliphatic carboxylic acids is 1. The number of nitriles is 1. The Morgan fingerprint density at radius 2 is 1.60 bits per heavy atom. The van der Waals surface area contributed by atoms with Crippen LogP contribution in [-0.4, -0.2) is 20.9 Å². The minimum atomic E-state index is -1.20. The third kappa shape index (κ3) is 3.16. The summed E-state index contributed by atoms with van der Waals surface area (Å²) in [4.78, 5) is 23.6. The molecular formula is C19H13N3O3. The lowest BCUT2D eigenvalue weighted by atomic mass is 9.96. The van der Waals surface area contributed by atoms with Gasteiger partial charge < -0.3 is 5.11 Å². The third-order valence-electron chi connectivity index (χ3n) is 3.66. The van der Waals surface area contributed by atoms with E-state index in [1.54, 1.807) is 36.4 Å². The highest BCUT2D eigenvalue weighted by molar-refractivity contribution is 5.84. The molecule has 6 nitrogen and oxygen atoms in total. The number of hydrogen-bond acceptors (Lipinski definition) is 4. The molecule has 1 N–H and O–H groups in total. The summed E-state index contributed by atoms with van der Waals surface area (Å²) in [5, 5.41) is 22.8. The zero-order valence-corrected chi connectivity index (χ0v) is 13.1. The SMILES string of the molecule is N#Cc1c(-c2ccccc2)c(-c2ccccc2)nn(CC(=O)O)c1=O. The molecule has 122 valence electrons. The molecule has 0 aliphatic rings. The molecule has 0 aliphatic heterocycles. The van der Waals surface area contributed by atoms with Crippen molar-refractivity contribution in [3.63, 3.8) is 0 Å². The van der Waals surface area contributed by atoms with E-state index in [0.717, 1.165) is 4.68 Å². The maximum Gasteiger partial charge on any atom is 0.325 e. The molecular weight excluding hydrogens is 318 g/mol. The Labute approximate surface area is 143 Å². The van der Waals surface area contributed by atoms with Gasteiger partial charge in [-0.05, 0) is 5.56 Å². The van der Waals surface area contributed by atoms with Gasteiger partial charge in [-0.3, -0.25) is 9.59 Å². The summed E-state index contributed by atoms with van der Waals surface area (Å²) in [5.74, 6) is -1.20. The van der Waals surface area contributed by atoms with E-state index >= 15 is 0 Å². The van der Waals surface area contributed by atoms with Gasteiger partial charge in [0.2, 0.25) is 0 Å². The van der Waals surface area contributed by atoms with Crippen molar-refractivity contribution in [3.8, 4) is 28.5 Å². The molecule has 0 unspecified atom stereocenters. The zero-order chi connectivity index (χ0) is 17.8. The summed E-state index contributed by atoms with van der Waals surface area (Å²) < 4.78 is 0.815. The smallest absolute Gasteiger partial charge is 0.325 e. The van der Waals surface area contributed by atoms with E-state index in [1.807, 2.05) is 30.3 Å². The molecule has 0 amide bonds. The summed E-state index contributed by atoms with van der Waals surface area (Å²) in [7, 11) is 0. The zero-order valence-electron chi connectivity index (χ0n) is 13.1. The van der Waals surface area contributed by atoms with Crippen molar-refractivity contribution < 1.29 is 9.90 Å². The summed E-state index contributed by atoms with van der Waals surface area (Å²) in [6, 6.07) is 20.0. The maximum atomic E-state index is 12.5. The summed E-state index contributed by atoms with van der Waals surface area (Å²) >= 11 is 0. The molecule has 2 aromatic carbocycles. The fourth-order valence-electron chi connectivity index (χ4n) is 2.59. The van der Waals surface area contributed by atoms with Crippen LogP contribution in [0.5, 0.6) is 0 Å². The third-order valence-corrected chi connectivity index (χ3v) is 3.66. The quantitative estimate of drug-likeness (QED) is 0.792. The first-order valence-electron chi connectivity index (χ1n) is 7.49. The Balaban J connectivity index is 2.40. The van der Waals surface area contributed by atoms with Crippen LogP contribution in [-0.2, 0) is 11.3 Å². The highest BCUT2D eigenvalue weighted by Gasteiger charge is 2.20. The van der Waals surface area contributed by atoms with Crippen LogP contribution >= 0.6 is 0 Å². The van der Waals surface area contributed by atoms with Crippen molar-refractivity contribution in [1.29, 1.82) is 5.26 Å². The van der Waals surface area contributed by atoms with E-state index in [9.17, 15) is 14.9 Å². The van der Waals surface area contributed by atoms with Gasteiger partial charge >= 0.3 is 5.97 Å². The number of hydrogen-bond donors (Lipinski definition) is 1. The van der Waals surface area contributed by atoms with Crippen LogP contribution in [0.25, 0.3) is 22.4 Å². The minimum absolute atomic E-state index is 0.124. The second kappa shape index (κ2) is 6.81. The van der Waals surface area contributed by atoms with E-state index in [0.29, 0.717) is 22.4 Å². The van der Waals surface area contributed by atoms with Gasteiger partial charge in [-0.2, -0.15) is 10.4 Å². The van der Waals surface area contributed by atoms with Crippen molar-refractivity contribution in [3.05, 3.63) is 76.6 Å². The number of carboxylic acid groups (broad SMARTS) is 1. The average Bonchev–Trinajstić information content (AvgIpc) is 2.64. The molecule has 25 heavy (non-hydrogen) atoms. The maximum absolute atomic E-state index is 12.5. The monoisotopic (exact) mass is 331 g/mol. The summed E-state index contributed by atoms with van der Waals surface area (Å²) in [5.41, 5.74) is 1.32. The molecule has 1 heterocycles. The van der Waals surface area contributed by atoms with Crippen molar-refractivity contribution in [2.45, 2.75) is 6.54 Å². The minimum Gasteiger partial charge on any atom is -0.480 e. The standard InChI is InChI=1S/C19H13N3O3/c20-11-15-17(13-7-3-1-4-8-13)18(14-9-5-2-6-10-14)21-22(19(15)25)12-16(23)24/h1-10H,12H2,(H,23,24). The van der Waals surface area contributed by atoms with E-state index in [2.05, 4.69) is 5.10 Å². The van der Waals surface area contributed by atoms with Crippen LogP contribution < -0.4 is 5.56 Å². The van der Waals surface area contributed by atoms with Crippen LogP contribution in [0, 0.1) is 11.3 Å². The van der Waals surface area contributed by atoms with Gasteiger partial charge in [-0.1, -0.05) is 60.7 Å². The van der Waals surface area contributed by atoms with E-state index in [4.69, 9.17) is 5.11 Å². The van der Waals surface area contributed by atoms with Gasteiger partial charge in [0.15, 0.2) is 0 Å². The molecule has 0 aliphatic carbocycles. The Kier molecular flexibility index (Phi) is 4.40. The van der Waals surface area contributed by atoms with E-state index in [-0.39, 0.29) is 5.56 Å². The Morgan fingerprint density at radius 1 is 1.04 bits per heavy atom. The molecule has 0 fully saturated rings. The molecule has 6 heteroatoms. The van der Waals surface area contributed by atoms with E-state index in [1.165, 1.54) is 0 Å². The van der Waals surface area contributed by atoms with Crippen LogP contribution in [0.4, 0.5) is 0 Å². The lowest BCUT2D eigenvalue weighted by Gasteiger charge is -2.13. The van der Waals surface area contributed by atoms with Gasteiger partial charge in [0.05, 0.1) is 0 Å². The van der Waals surface area contributed by atoms with Crippen LogP contribution in [0.15, 0.2) is 65.5 Å². The molecule has 0 saturated heterocycles. The predicted octanol–water partition coefficient (Wildman–Crippen LogP) is 2.53. The normalized spacial score (nSPS) is 10.2.